The fourth-order valence-electron chi connectivity index (χ4n) is 3.61. The first-order valence-corrected chi connectivity index (χ1v) is 10.6. The standard InChI is InChI=1S/C26H19F3OS/c27-26(28,29)25(22-11-3-1-4-12-22,31-23-13-5-2-6-14-23)18-24(30)21-16-15-19-9-7-8-10-20(19)17-21/h1-17H,18H2/t25-/m0/s1. The SMILES string of the molecule is O=C(C[C@](Sc1ccccc1)(c1ccccc1)C(F)(F)F)c1ccc2ccccc2c1. The molecule has 0 aliphatic rings. The van der Waals surface area contributed by atoms with Gasteiger partial charge in [-0.25, -0.2) is 0 Å². The summed E-state index contributed by atoms with van der Waals surface area (Å²) >= 11 is 0.677. The van der Waals surface area contributed by atoms with Gasteiger partial charge in [0, 0.05) is 16.9 Å². The van der Waals surface area contributed by atoms with Gasteiger partial charge in [-0.3, -0.25) is 4.79 Å². The summed E-state index contributed by atoms with van der Waals surface area (Å²) in [5.74, 6) is -0.546. The number of hydrogen-bond acceptors (Lipinski definition) is 2. The number of carbonyl (C=O) groups is 1. The molecule has 1 atom stereocenters. The Kier molecular flexibility index (Phi) is 5.88. The predicted octanol–water partition coefficient (Wildman–Crippen LogP) is 7.66. The van der Waals surface area contributed by atoms with Crippen LogP contribution in [0.4, 0.5) is 13.2 Å². The van der Waals surface area contributed by atoms with Crippen molar-refractivity contribution in [2.24, 2.45) is 0 Å². The fraction of sp³-hybridized carbons (Fsp3) is 0.115. The Morgan fingerprint density at radius 3 is 1.94 bits per heavy atom. The molecule has 0 aromatic heterocycles. The summed E-state index contributed by atoms with van der Waals surface area (Å²) in [7, 11) is 0. The van der Waals surface area contributed by atoms with Gasteiger partial charge in [0.1, 0.15) is 4.75 Å². The van der Waals surface area contributed by atoms with Crippen molar-refractivity contribution in [3.63, 3.8) is 0 Å². The van der Waals surface area contributed by atoms with Crippen LogP contribution in [-0.2, 0) is 4.75 Å². The van der Waals surface area contributed by atoms with Gasteiger partial charge in [0.15, 0.2) is 5.78 Å². The van der Waals surface area contributed by atoms with Crippen molar-refractivity contribution in [2.45, 2.75) is 22.2 Å². The summed E-state index contributed by atoms with van der Waals surface area (Å²) in [6, 6.07) is 28.6. The second-order valence-corrected chi connectivity index (χ2v) is 8.64. The molecule has 4 aromatic carbocycles. The van der Waals surface area contributed by atoms with Crippen LogP contribution in [0.2, 0.25) is 0 Å². The molecule has 0 unspecified atom stereocenters. The van der Waals surface area contributed by atoms with Crippen molar-refractivity contribution >= 4 is 28.3 Å². The minimum Gasteiger partial charge on any atom is -0.294 e. The zero-order chi connectivity index (χ0) is 21.9. The van der Waals surface area contributed by atoms with Gasteiger partial charge in [0.2, 0.25) is 0 Å². The molecule has 0 spiro atoms. The van der Waals surface area contributed by atoms with Gasteiger partial charge < -0.3 is 0 Å². The number of carbonyl (C=O) groups excluding carboxylic acids is 1. The molecule has 0 bridgehead atoms. The average Bonchev–Trinajstić information content (AvgIpc) is 2.78. The highest BCUT2D eigenvalue weighted by Gasteiger charge is 2.57. The fourth-order valence-corrected chi connectivity index (χ4v) is 4.88. The number of thioether (sulfide) groups is 1. The number of rotatable bonds is 6. The molecule has 0 saturated carbocycles. The molecule has 4 aromatic rings. The first-order valence-electron chi connectivity index (χ1n) is 9.77. The summed E-state index contributed by atoms with van der Waals surface area (Å²) in [5, 5.41) is 1.75. The van der Waals surface area contributed by atoms with E-state index >= 15 is 0 Å². The third-order valence-corrected chi connectivity index (χ3v) is 6.68. The minimum absolute atomic E-state index is 0.0606. The van der Waals surface area contributed by atoms with E-state index in [0.717, 1.165) is 10.8 Å². The smallest absolute Gasteiger partial charge is 0.294 e. The average molecular weight is 436 g/mol. The number of halogens is 3. The molecule has 0 fully saturated rings. The molecule has 0 heterocycles. The van der Waals surface area contributed by atoms with Crippen molar-refractivity contribution in [1.82, 2.24) is 0 Å². The normalized spacial score (nSPS) is 13.6. The maximum Gasteiger partial charge on any atom is 0.408 e. The number of Topliss-reactive ketones (excluding diaryl/α,β-unsaturated/α-hetero) is 1. The van der Waals surface area contributed by atoms with Gasteiger partial charge in [0.05, 0.1) is 0 Å². The van der Waals surface area contributed by atoms with Crippen LogP contribution in [0.25, 0.3) is 10.8 Å². The maximum absolute atomic E-state index is 14.7. The van der Waals surface area contributed by atoms with Crippen LogP contribution in [0.5, 0.6) is 0 Å². The van der Waals surface area contributed by atoms with Crippen LogP contribution in [0, 0.1) is 0 Å². The van der Waals surface area contributed by atoms with Gasteiger partial charge >= 0.3 is 6.18 Å². The minimum atomic E-state index is -4.65. The third kappa shape index (κ3) is 4.37. The second-order valence-electron chi connectivity index (χ2n) is 7.27. The summed E-state index contributed by atoms with van der Waals surface area (Å²) in [4.78, 5) is 13.7. The van der Waals surface area contributed by atoms with E-state index in [1.165, 1.54) is 12.1 Å². The number of fused-ring (bicyclic) bond motifs is 1. The van der Waals surface area contributed by atoms with E-state index in [2.05, 4.69) is 0 Å². The Labute approximate surface area is 182 Å². The van der Waals surface area contributed by atoms with E-state index in [0.29, 0.717) is 16.7 Å². The van der Waals surface area contributed by atoms with Crippen LogP contribution in [0.15, 0.2) is 108 Å². The lowest BCUT2D eigenvalue weighted by Gasteiger charge is -2.35. The molecule has 31 heavy (non-hydrogen) atoms. The van der Waals surface area contributed by atoms with E-state index < -0.39 is 23.1 Å². The Balaban J connectivity index is 1.80. The van der Waals surface area contributed by atoms with Crippen LogP contribution in [0.3, 0.4) is 0 Å². The topological polar surface area (TPSA) is 17.1 Å². The van der Waals surface area contributed by atoms with Crippen molar-refractivity contribution in [3.8, 4) is 0 Å². The highest BCUT2D eigenvalue weighted by atomic mass is 32.2. The second kappa shape index (κ2) is 8.60. The zero-order valence-corrected chi connectivity index (χ0v) is 17.3. The van der Waals surface area contributed by atoms with E-state index in [1.807, 2.05) is 24.3 Å². The van der Waals surface area contributed by atoms with Gasteiger partial charge in [-0.05, 0) is 34.5 Å². The first-order chi connectivity index (χ1) is 14.9. The lowest BCUT2D eigenvalue weighted by Crippen LogP contribution is -2.41. The summed E-state index contributed by atoms with van der Waals surface area (Å²) in [6.45, 7) is 0. The Hall–Kier alpha value is -3.05. The zero-order valence-electron chi connectivity index (χ0n) is 16.5. The Morgan fingerprint density at radius 1 is 0.710 bits per heavy atom. The molecule has 1 nitrogen and oxygen atoms in total. The molecular weight excluding hydrogens is 417 g/mol. The molecule has 5 heteroatoms. The van der Waals surface area contributed by atoms with Crippen LogP contribution in [-0.4, -0.2) is 12.0 Å². The van der Waals surface area contributed by atoms with E-state index in [-0.39, 0.29) is 11.1 Å². The van der Waals surface area contributed by atoms with E-state index in [4.69, 9.17) is 0 Å². The highest BCUT2D eigenvalue weighted by Crippen LogP contribution is 2.55. The molecule has 0 saturated heterocycles. The molecule has 156 valence electrons. The quantitative estimate of drug-likeness (QED) is 0.228. The van der Waals surface area contributed by atoms with Crippen LogP contribution >= 0.6 is 11.8 Å². The van der Waals surface area contributed by atoms with Gasteiger partial charge in [-0.1, -0.05) is 84.9 Å². The lowest BCUT2D eigenvalue weighted by atomic mass is 9.89. The Morgan fingerprint density at radius 2 is 1.29 bits per heavy atom. The summed E-state index contributed by atoms with van der Waals surface area (Å²) in [5.41, 5.74) is 0.336. The monoisotopic (exact) mass is 436 g/mol. The van der Waals surface area contributed by atoms with Gasteiger partial charge in [-0.2, -0.15) is 13.2 Å². The predicted molar refractivity (Wildman–Crippen MR) is 119 cm³/mol. The third-order valence-electron chi connectivity index (χ3n) is 5.21. The van der Waals surface area contributed by atoms with Gasteiger partial charge in [0.25, 0.3) is 0 Å². The first kappa shape index (κ1) is 21.2. The molecular formula is C26H19F3OS. The van der Waals surface area contributed by atoms with Crippen LogP contribution in [0.1, 0.15) is 22.3 Å². The number of alkyl halides is 3. The van der Waals surface area contributed by atoms with Crippen molar-refractivity contribution in [1.29, 1.82) is 0 Å². The largest absolute Gasteiger partial charge is 0.408 e. The summed E-state index contributed by atoms with van der Waals surface area (Å²) in [6.07, 6.45) is -5.35. The van der Waals surface area contributed by atoms with Crippen molar-refractivity contribution < 1.29 is 18.0 Å². The molecule has 0 radical (unpaired) electrons. The number of benzene rings is 4. The molecule has 0 N–H and O–H groups in total. The summed E-state index contributed by atoms with van der Waals surface area (Å²) < 4.78 is 41.7. The molecule has 4 rings (SSSR count). The molecule has 0 aliphatic heterocycles. The number of ketones is 1. The molecule has 0 aliphatic carbocycles. The van der Waals surface area contributed by atoms with Crippen molar-refractivity contribution in [2.75, 3.05) is 0 Å². The molecule has 0 amide bonds. The van der Waals surface area contributed by atoms with E-state index in [1.54, 1.807) is 66.7 Å². The lowest BCUT2D eigenvalue weighted by molar-refractivity contribution is -0.161. The Bertz CT molecular complexity index is 1190. The van der Waals surface area contributed by atoms with Gasteiger partial charge in [-0.15, -0.1) is 11.8 Å². The van der Waals surface area contributed by atoms with Crippen LogP contribution < -0.4 is 0 Å². The van der Waals surface area contributed by atoms with E-state index in [9.17, 15) is 18.0 Å². The number of hydrogen-bond donors (Lipinski definition) is 0. The van der Waals surface area contributed by atoms with Crippen molar-refractivity contribution in [3.05, 3.63) is 114 Å². The maximum atomic E-state index is 14.7. The highest BCUT2D eigenvalue weighted by molar-refractivity contribution is 8.00.